The van der Waals surface area contributed by atoms with Crippen LogP contribution in [0.3, 0.4) is 0 Å². The molecule has 98 valence electrons. The Morgan fingerprint density at radius 2 is 1.94 bits per heavy atom. The first-order valence-electron chi connectivity index (χ1n) is 5.26. The van der Waals surface area contributed by atoms with E-state index in [1.807, 2.05) is 13.8 Å². The summed E-state index contributed by atoms with van der Waals surface area (Å²) in [5, 5.41) is 4.14. The van der Waals surface area contributed by atoms with Crippen molar-refractivity contribution in [3.05, 3.63) is 5.69 Å². The highest BCUT2D eigenvalue weighted by atomic mass is 19.4. The van der Waals surface area contributed by atoms with Crippen LogP contribution in [0.1, 0.15) is 25.6 Å². The quantitative estimate of drug-likeness (QED) is 0.895. The van der Waals surface area contributed by atoms with E-state index in [4.69, 9.17) is 5.73 Å². The summed E-state index contributed by atoms with van der Waals surface area (Å²) in [5.41, 5.74) is 6.61. The topological polar surface area (TPSA) is 47.1 Å². The molecule has 0 bridgehead atoms. The average molecular weight is 250 g/mol. The molecule has 0 spiro atoms. The van der Waals surface area contributed by atoms with Gasteiger partial charge in [-0.15, -0.1) is 0 Å². The van der Waals surface area contributed by atoms with Crippen LogP contribution in [0.5, 0.6) is 0 Å². The molecule has 0 saturated carbocycles. The summed E-state index contributed by atoms with van der Waals surface area (Å²) in [5.74, 6) is 0.315. The van der Waals surface area contributed by atoms with Crippen molar-refractivity contribution in [3.8, 4) is 0 Å². The molecule has 0 aromatic carbocycles. The zero-order chi connectivity index (χ0) is 13.4. The lowest BCUT2D eigenvalue weighted by Gasteiger charge is -2.23. The normalized spacial score (nSPS) is 12.2. The van der Waals surface area contributed by atoms with Crippen LogP contribution < -0.4 is 10.6 Å². The van der Waals surface area contributed by atoms with Crippen LogP contribution in [0.25, 0.3) is 0 Å². The molecular weight excluding hydrogens is 233 g/mol. The van der Waals surface area contributed by atoms with E-state index in [2.05, 4.69) is 5.10 Å². The van der Waals surface area contributed by atoms with E-state index in [9.17, 15) is 13.2 Å². The Morgan fingerprint density at radius 1 is 1.41 bits per heavy atom. The molecule has 2 N–H and O–H groups in total. The third-order valence-electron chi connectivity index (χ3n) is 2.37. The van der Waals surface area contributed by atoms with Crippen molar-refractivity contribution in [2.45, 2.75) is 33.0 Å². The summed E-state index contributed by atoms with van der Waals surface area (Å²) in [7, 11) is 1.36. The van der Waals surface area contributed by atoms with Gasteiger partial charge in [-0.2, -0.15) is 18.3 Å². The van der Waals surface area contributed by atoms with Gasteiger partial charge in [-0.1, -0.05) is 0 Å². The molecule has 7 heteroatoms. The van der Waals surface area contributed by atoms with Crippen LogP contribution in [0.4, 0.5) is 24.7 Å². The standard InChI is InChI=1S/C10H17F3N4/c1-6(2)17-9(8(14)7(3)15-17)16(4)5-10(11,12)13/h6H,5,14H2,1-4H3. The molecule has 1 aromatic rings. The van der Waals surface area contributed by atoms with Gasteiger partial charge in [0.05, 0.1) is 11.4 Å². The van der Waals surface area contributed by atoms with Gasteiger partial charge in [-0.25, -0.2) is 4.68 Å². The predicted octanol–water partition coefficient (Wildman–Crippen LogP) is 2.35. The lowest BCUT2D eigenvalue weighted by molar-refractivity contribution is -0.119. The molecule has 0 saturated heterocycles. The minimum atomic E-state index is -4.26. The van der Waals surface area contributed by atoms with E-state index < -0.39 is 12.7 Å². The summed E-state index contributed by atoms with van der Waals surface area (Å²) < 4.78 is 38.6. The number of anilines is 2. The number of aromatic nitrogens is 2. The Morgan fingerprint density at radius 3 is 2.35 bits per heavy atom. The molecule has 0 unspecified atom stereocenters. The minimum Gasteiger partial charge on any atom is -0.394 e. The lowest BCUT2D eigenvalue weighted by Crippen LogP contribution is -2.33. The summed E-state index contributed by atoms with van der Waals surface area (Å²) >= 11 is 0. The first-order chi connectivity index (χ1) is 7.63. The molecule has 1 aromatic heterocycles. The van der Waals surface area contributed by atoms with E-state index in [0.29, 0.717) is 17.2 Å². The van der Waals surface area contributed by atoms with Crippen LogP contribution in [-0.2, 0) is 0 Å². The Bertz CT molecular complexity index is 395. The molecule has 1 heterocycles. The fraction of sp³-hybridized carbons (Fsp3) is 0.700. The monoisotopic (exact) mass is 250 g/mol. The third-order valence-corrected chi connectivity index (χ3v) is 2.37. The van der Waals surface area contributed by atoms with Gasteiger partial charge in [0.1, 0.15) is 6.54 Å². The van der Waals surface area contributed by atoms with Crippen molar-refractivity contribution in [3.63, 3.8) is 0 Å². The van der Waals surface area contributed by atoms with Crippen molar-refractivity contribution in [1.29, 1.82) is 0 Å². The molecule has 0 fully saturated rings. The highest BCUT2D eigenvalue weighted by molar-refractivity contribution is 5.66. The summed E-state index contributed by atoms with van der Waals surface area (Å²) in [6.45, 7) is 4.32. The van der Waals surface area contributed by atoms with Crippen LogP contribution >= 0.6 is 0 Å². The van der Waals surface area contributed by atoms with Gasteiger partial charge in [0.25, 0.3) is 0 Å². The van der Waals surface area contributed by atoms with E-state index >= 15 is 0 Å². The van der Waals surface area contributed by atoms with Crippen LogP contribution in [0.15, 0.2) is 0 Å². The molecule has 0 atom stereocenters. The lowest BCUT2D eigenvalue weighted by atomic mass is 10.3. The maximum Gasteiger partial charge on any atom is 0.405 e. The molecule has 0 aliphatic carbocycles. The fourth-order valence-electron chi connectivity index (χ4n) is 1.63. The van der Waals surface area contributed by atoms with Gasteiger partial charge in [0.15, 0.2) is 5.82 Å². The summed E-state index contributed by atoms with van der Waals surface area (Å²) in [6.07, 6.45) is -4.26. The molecule has 4 nitrogen and oxygen atoms in total. The molecule has 0 aliphatic heterocycles. The first kappa shape index (κ1) is 13.7. The summed E-state index contributed by atoms with van der Waals surface area (Å²) in [4.78, 5) is 1.08. The maximum absolute atomic E-state index is 12.4. The molecule has 17 heavy (non-hydrogen) atoms. The van der Waals surface area contributed by atoms with Gasteiger partial charge in [0, 0.05) is 13.1 Å². The van der Waals surface area contributed by atoms with Gasteiger partial charge >= 0.3 is 6.18 Å². The molecular formula is C10H17F3N4. The van der Waals surface area contributed by atoms with E-state index in [0.717, 1.165) is 4.90 Å². The number of nitrogens with two attached hydrogens (primary N) is 1. The molecule has 0 aliphatic rings. The Labute approximate surface area is 98.2 Å². The van der Waals surface area contributed by atoms with Crippen molar-refractivity contribution >= 4 is 11.5 Å². The zero-order valence-corrected chi connectivity index (χ0v) is 10.3. The van der Waals surface area contributed by atoms with Crippen molar-refractivity contribution in [1.82, 2.24) is 9.78 Å². The predicted molar refractivity (Wildman–Crippen MR) is 61.1 cm³/mol. The van der Waals surface area contributed by atoms with Crippen molar-refractivity contribution < 1.29 is 13.2 Å². The summed E-state index contributed by atoms with van der Waals surface area (Å²) in [6, 6.07) is -0.0447. The first-order valence-corrected chi connectivity index (χ1v) is 5.26. The van der Waals surface area contributed by atoms with Crippen LogP contribution in [0, 0.1) is 6.92 Å². The number of aryl methyl sites for hydroxylation is 1. The molecule has 0 radical (unpaired) electrons. The zero-order valence-electron chi connectivity index (χ0n) is 10.3. The Hall–Kier alpha value is -1.40. The fourth-order valence-corrected chi connectivity index (χ4v) is 1.63. The van der Waals surface area contributed by atoms with Gasteiger partial charge < -0.3 is 10.6 Å². The Kier molecular flexibility index (Phi) is 3.59. The van der Waals surface area contributed by atoms with Crippen molar-refractivity contribution in [2.24, 2.45) is 0 Å². The smallest absolute Gasteiger partial charge is 0.394 e. The second kappa shape index (κ2) is 4.46. The number of nitrogens with zero attached hydrogens (tertiary/aromatic N) is 3. The van der Waals surface area contributed by atoms with Crippen LogP contribution in [0.2, 0.25) is 0 Å². The number of alkyl halides is 3. The number of hydrogen-bond donors (Lipinski definition) is 1. The number of nitrogen functional groups attached to an aromatic ring is 1. The van der Waals surface area contributed by atoms with Gasteiger partial charge in [-0.05, 0) is 20.8 Å². The van der Waals surface area contributed by atoms with Crippen LogP contribution in [-0.4, -0.2) is 29.5 Å². The highest BCUT2D eigenvalue weighted by Crippen LogP contribution is 2.30. The number of hydrogen-bond acceptors (Lipinski definition) is 3. The average Bonchev–Trinajstić information content (AvgIpc) is 2.40. The minimum absolute atomic E-state index is 0.0447. The second-order valence-electron chi connectivity index (χ2n) is 4.33. The number of rotatable bonds is 3. The SMILES string of the molecule is Cc1nn(C(C)C)c(N(C)CC(F)(F)F)c1N. The third kappa shape index (κ3) is 3.04. The van der Waals surface area contributed by atoms with Gasteiger partial charge in [0.2, 0.25) is 0 Å². The van der Waals surface area contributed by atoms with E-state index in [-0.39, 0.29) is 6.04 Å². The van der Waals surface area contributed by atoms with Crippen molar-refractivity contribution in [2.75, 3.05) is 24.2 Å². The second-order valence-corrected chi connectivity index (χ2v) is 4.33. The Balaban J connectivity index is 3.11. The maximum atomic E-state index is 12.4. The molecule has 0 amide bonds. The highest BCUT2D eigenvalue weighted by Gasteiger charge is 2.31. The molecule has 1 rings (SSSR count). The van der Waals surface area contributed by atoms with Gasteiger partial charge in [-0.3, -0.25) is 0 Å². The number of halogens is 3. The van der Waals surface area contributed by atoms with E-state index in [1.165, 1.54) is 11.7 Å². The largest absolute Gasteiger partial charge is 0.405 e. The van der Waals surface area contributed by atoms with E-state index in [1.54, 1.807) is 6.92 Å².